The average molecular weight is 343 g/mol. The summed E-state index contributed by atoms with van der Waals surface area (Å²) in [4.78, 5) is 30.1. The summed E-state index contributed by atoms with van der Waals surface area (Å²) in [5, 5.41) is 6.76. The van der Waals surface area contributed by atoms with Gasteiger partial charge >= 0.3 is 0 Å². The number of aromatic amines is 1. The number of nitrogens with zero attached hydrogens (tertiary/aromatic N) is 3. The predicted molar refractivity (Wildman–Crippen MR) is 90.1 cm³/mol. The van der Waals surface area contributed by atoms with Crippen LogP contribution < -0.4 is 10.5 Å². The minimum absolute atomic E-state index is 0.101. The highest BCUT2D eigenvalue weighted by Gasteiger charge is 2.30. The van der Waals surface area contributed by atoms with Gasteiger partial charge in [-0.15, -0.1) is 0 Å². The van der Waals surface area contributed by atoms with E-state index in [1.165, 1.54) is 6.20 Å². The van der Waals surface area contributed by atoms with Gasteiger partial charge in [0, 0.05) is 18.8 Å². The van der Waals surface area contributed by atoms with Gasteiger partial charge in [-0.25, -0.2) is 4.98 Å². The molecule has 25 heavy (non-hydrogen) atoms. The van der Waals surface area contributed by atoms with Gasteiger partial charge in [0.2, 0.25) is 5.88 Å². The van der Waals surface area contributed by atoms with E-state index in [0.29, 0.717) is 24.6 Å². The number of piperidine rings is 1. The maximum atomic E-state index is 12.9. The third kappa shape index (κ3) is 3.62. The van der Waals surface area contributed by atoms with E-state index in [0.717, 1.165) is 25.0 Å². The molecular weight excluding hydrogens is 322 g/mol. The maximum Gasteiger partial charge on any atom is 0.269 e. The zero-order chi connectivity index (χ0) is 17.8. The van der Waals surface area contributed by atoms with Crippen LogP contribution in [0.1, 0.15) is 58.8 Å². The number of carbonyl (C=O) groups is 2. The number of primary amides is 1. The zero-order valence-electron chi connectivity index (χ0n) is 14.1. The Labute approximate surface area is 145 Å². The van der Waals surface area contributed by atoms with Crippen molar-refractivity contribution in [1.29, 1.82) is 0 Å². The first-order valence-electron chi connectivity index (χ1n) is 8.35. The lowest BCUT2D eigenvalue weighted by atomic mass is 9.98. The summed E-state index contributed by atoms with van der Waals surface area (Å²) in [5.41, 5.74) is 6.66. The van der Waals surface area contributed by atoms with E-state index >= 15 is 0 Å². The first kappa shape index (κ1) is 16.9. The number of ether oxygens (including phenoxy) is 1. The van der Waals surface area contributed by atoms with Crippen molar-refractivity contribution < 1.29 is 14.3 Å². The largest absolute Gasteiger partial charge is 0.478 e. The fraction of sp³-hybridized carbons (Fsp3) is 0.412. The van der Waals surface area contributed by atoms with Gasteiger partial charge in [-0.2, -0.15) is 5.10 Å². The minimum Gasteiger partial charge on any atom is -0.478 e. The average Bonchev–Trinajstić information content (AvgIpc) is 3.12. The van der Waals surface area contributed by atoms with Crippen LogP contribution >= 0.6 is 0 Å². The van der Waals surface area contributed by atoms with Crippen LogP contribution in [0.25, 0.3) is 0 Å². The summed E-state index contributed by atoms with van der Waals surface area (Å²) in [5.74, 6) is -0.198. The van der Waals surface area contributed by atoms with E-state index in [1.807, 2.05) is 6.92 Å². The molecule has 2 amide bonds. The fourth-order valence-electron chi connectivity index (χ4n) is 3.04. The molecule has 3 N–H and O–H groups in total. The molecule has 0 bridgehead atoms. The normalized spacial score (nSPS) is 17.3. The van der Waals surface area contributed by atoms with E-state index < -0.39 is 5.91 Å². The fourth-order valence-corrected chi connectivity index (χ4v) is 3.04. The number of nitrogens with two attached hydrogens (primary N) is 1. The van der Waals surface area contributed by atoms with Crippen molar-refractivity contribution in [3.05, 3.63) is 41.3 Å². The van der Waals surface area contributed by atoms with Gasteiger partial charge in [-0.05, 0) is 38.3 Å². The molecule has 3 heterocycles. The Balaban J connectivity index is 1.81. The summed E-state index contributed by atoms with van der Waals surface area (Å²) in [7, 11) is 0. The van der Waals surface area contributed by atoms with Gasteiger partial charge < -0.3 is 15.4 Å². The number of amides is 2. The molecule has 1 fully saturated rings. The number of carbonyl (C=O) groups excluding carboxylic acids is 2. The van der Waals surface area contributed by atoms with Crippen molar-refractivity contribution in [2.45, 2.75) is 32.2 Å². The van der Waals surface area contributed by atoms with Crippen molar-refractivity contribution in [3.8, 4) is 5.88 Å². The molecule has 1 aliphatic rings. The van der Waals surface area contributed by atoms with Crippen LogP contribution in [0.5, 0.6) is 5.88 Å². The first-order valence-corrected chi connectivity index (χ1v) is 8.35. The molecule has 3 rings (SSSR count). The summed E-state index contributed by atoms with van der Waals surface area (Å²) < 4.78 is 5.31. The van der Waals surface area contributed by atoms with Gasteiger partial charge in [0.05, 0.1) is 23.9 Å². The number of aromatic nitrogens is 3. The maximum absolute atomic E-state index is 12.9. The molecule has 1 saturated heterocycles. The summed E-state index contributed by atoms with van der Waals surface area (Å²) in [6.07, 6.45) is 4.27. The molecule has 0 aliphatic carbocycles. The zero-order valence-corrected chi connectivity index (χ0v) is 14.1. The molecule has 0 spiro atoms. The number of nitrogens with one attached hydrogen (secondary N) is 1. The summed E-state index contributed by atoms with van der Waals surface area (Å²) in [6.45, 7) is 3.04. The SMILES string of the molecule is CCOc1ccc(C(=O)N2CCCCC2c2cc(C(N)=O)n[nH]2)cn1. The molecule has 8 nitrogen and oxygen atoms in total. The van der Waals surface area contributed by atoms with Crippen LogP contribution in [-0.4, -0.2) is 45.0 Å². The standard InChI is InChI=1S/C17H21N5O3/c1-2-25-15-7-6-11(10-19-15)17(24)22-8-4-3-5-14(22)12-9-13(16(18)23)21-20-12/h6-7,9-10,14H,2-5,8H2,1H3,(H2,18,23)(H,20,21). The Hall–Kier alpha value is -2.90. The molecule has 0 radical (unpaired) electrons. The highest BCUT2D eigenvalue weighted by molar-refractivity contribution is 5.94. The van der Waals surface area contributed by atoms with E-state index in [2.05, 4.69) is 15.2 Å². The van der Waals surface area contributed by atoms with Crippen LogP contribution in [-0.2, 0) is 0 Å². The highest BCUT2D eigenvalue weighted by atomic mass is 16.5. The van der Waals surface area contributed by atoms with Crippen LogP contribution in [0.15, 0.2) is 24.4 Å². The molecule has 2 aromatic rings. The Kier molecular flexibility index (Phi) is 4.97. The van der Waals surface area contributed by atoms with Crippen molar-refractivity contribution in [2.75, 3.05) is 13.2 Å². The molecule has 1 atom stereocenters. The first-order chi connectivity index (χ1) is 12.1. The second-order valence-corrected chi connectivity index (χ2v) is 5.90. The lowest BCUT2D eigenvalue weighted by Gasteiger charge is -2.35. The number of likely N-dealkylation sites (tertiary alicyclic amines) is 1. The molecule has 0 saturated carbocycles. The van der Waals surface area contributed by atoms with Gasteiger partial charge in [0.1, 0.15) is 5.69 Å². The third-order valence-corrected chi connectivity index (χ3v) is 4.25. The molecule has 1 aliphatic heterocycles. The van der Waals surface area contributed by atoms with Crippen molar-refractivity contribution in [2.24, 2.45) is 5.73 Å². The van der Waals surface area contributed by atoms with E-state index in [1.54, 1.807) is 23.1 Å². The second-order valence-electron chi connectivity index (χ2n) is 5.90. The molecular formula is C17H21N5O3. The van der Waals surface area contributed by atoms with Gasteiger partial charge in [0.25, 0.3) is 11.8 Å². The van der Waals surface area contributed by atoms with Crippen LogP contribution in [0.2, 0.25) is 0 Å². The topological polar surface area (TPSA) is 114 Å². The number of hydrogen-bond donors (Lipinski definition) is 2. The monoisotopic (exact) mass is 343 g/mol. The quantitative estimate of drug-likeness (QED) is 0.857. The molecule has 132 valence electrons. The van der Waals surface area contributed by atoms with E-state index in [4.69, 9.17) is 10.5 Å². The van der Waals surface area contributed by atoms with E-state index in [-0.39, 0.29) is 17.6 Å². The van der Waals surface area contributed by atoms with E-state index in [9.17, 15) is 9.59 Å². The smallest absolute Gasteiger partial charge is 0.269 e. The van der Waals surface area contributed by atoms with Gasteiger partial charge in [-0.1, -0.05) is 0 Å². The molecule has 1 unspecified atom stereocenters. The summed E-state index contributed by atoms with van der Waals surface area (Å²) in [6, 6.07) is 4.87. The van der Waals surface area contributed by atoms with Gasteiger partial charge in [-0.3, -0.25) is 14.7 Å². The Morgan fingerprint density at radius 2 is 2.24 bits per heavy atom. The van der Waals surface area contributed by atoms with Gasteiger partial charge in [0.15, 0.2) is 0 Å². The Bertz CT molecular complexity index is 756. The lowest BCUT2D eigenvalue weighted by Crippen LogP contribution is -2.38. The minimum atomic E-state index is -0.591. The molecule has 0 aromatic carbocycles. The molecule has 8 heteroatoms. The predicted octanol–water partition coefficient (Wildman–Crippen LogP) is 1.67. The second kappa shape index (κ2) is 7.33. The highest BCUT2D eigenvalue weighted by Crippen LogP contribution is 2.31. The van der Waals surface area contributed by atoms with Crippen LogP contribution in [0.4, 0.5) is 0 Å². The van der Waals surface area contributed by atoms with Crippen molar-refractivity contribution in [1.82, 2.24) is 20.1 Å². The Morgan fingerprint density at radius 1 is 1.40 bits per heavy atom. The lowest BCUT2D eigenvalue weighted by molar-refractivity contribution is 0.0605. The van der Waals surface area contributed by atoms with Crippen LogP contribution in [0, 0.1) is 0 Å². The Morgan fingerprint density at radius 3 is 2.88 bits per heavy atom. The van der Waals surface area contributed by atoms with Crippen LogP contribution in [0.3, 0.4) is 0 Å². The number of H-pyrrole nitrogens is 1. The number of rotatable bonds is 5. The molecule has 2 aromatic heterocycles. The number of pyridine rings is 1. The number of hydrogen-bond acceptors (Lipinski definition) is 5. The third-order valence-electron chi connectivity index (χ3n) is 4.25. The van der Waals surface area contributed by atoms with Crippen molar-refractivity contribution in [3.63, 3.8) is 0 Å². The summed E-state index contributed by atoms with van der Waals surface area (Å²) >= 11 is 0. The van der Waals surface area contributed by atoms with Crippen molar-refractivity contribution >= 4 is 11.8 Å².